The van der Waals surface area contributed by atoms with Gasteiger partial charge < -0.3 is 14.8 Å². The number of halogens is 1. The zero-order valence-corrected chi connectivity index (χ0v) is 13.7. The number of carbonyl (C=O) groups is 2. The molecule has 2 rings (SSSR count). The summed E-state index contributed by atoms with van der Waals surface area (Å²) in [6, 6.07) is 9.32. The Morgan fingerprint density at radius 1 is 1.12 bits per heavy atom. The highest BCUT2D eigenvalue weighted by atomic mass is 19.1. The molecule has 0 aliphatic carbocycles. The number of carbonyl (C=O) groups excluding carboxylic acids is 2. The van der Waals surface area contributed by atoms with E-state index in [-0.39, 0.29) is 5.69 Å². The molecule has 0 saturated heterocycles. The Labute approximate surface area is 139 Å². The number of ether oxygens (including phenoxy) is 2. The van der Waals surface area contributed by atoms with Gasteiger partial charge in [0.25, 0.3) is 5.91 Å². The summed E-state index contributed by atoms with van der Waals surface area (Å²) in [5, 5.41) is 2.37. The van der Waals surface area contributed by atoms with Crippen molar-refractivity contribution >= 4 is 17.6 Å². The van der Waals surface area contributed by atoms with Crippen LogP contribution in [0.5, 0.6) is 5.75 Å². The first-order valence-electron chi connectivity index (χ1n) is 7.28. The smallest absolute Gasteiger partial charge is 0.338 e. The molecule has 24 heavy (non-hydrogen) atoms. The number of nitrogens with one attached hydrogen (secondary N) is 1. The van der Waals surface area contributed by atoms with E-state index in [0.29, 0.717) is 16.9 Å². The van der Waals surface area contributed by atoms with Crippen molar-refractivity contribution in [3.63, 3.8) is 0 Å². The molecular formula is C18H18FNO4. The average molecular weight is 331 g/mol. The quantitative estimate of drug-likeness (QED) is 0.854. The molecule has 0 atom stereocenters. The van der Waals surface area contributed by atoms with Gasteiger partial charge in [-0.15, -0.1) is 0 Å². The lowest BCUT2D eigenvalue weighted by atomic mass is 10.1. The molecule has 0 aliphatic rings. The molecule has 5 nitrogen and oxygen atoms in total. The number of methoxy groups -OCH3 is 1. The summed E-state index contributed by atoms with van der Waals surface area (Å²) >= 11 is 0. The predicted molar refractivity (Wildman–Crippen MR) is 87.8 cm³/mol. The first-order chi connectivity index (χ1) is 11.4. The van der Waals surface area contributed by atoms with Crippen molar-refractivity contribution in [2.45, 2.75) is 13.8 Å². The first-order valence-corrected chi connectivity index (χ1v) is 7.28. The van der Waals surface area contributed by atoms with Crippen molar-refractivity contribution < 1.29 is 23.5 Å². The molecule has 0 unspecified atom stereocenters. The Balaban J connectivity index is 1.95. The van der Waals surface area contributed by atoms with Crippen LogP contribution in [-0.4, -0.2) is 25.6 Å². The fourth-order valence-corrected chi connectivity index (χ4v) is 2.11. The number of rotatable bonds is 5. The van der Waals surface area contributed by atoms with Crippen molar-refractivity contribution in [2.75, 3.05) is 19.0 Å². The average Bonchev–Trinajstić information content (AvgIpc) is 2.55. The molecule has 0 aromatic heterocycles. The molecule has 1 N–H and O–H groups in total. The summed E-state index contributed by atoms with van der Waals surface area (Å²) in [5.74, 6) is -1.16. The van der Waals surface area contributed by atoms with Gasteiger partial charge >= 0.3 is 5.97 Å². The maximum Gasteiger partial charge on any atom is 0.338 e. The van der Waals surface area contributed by atoms with Crippen molar-refractivity contribution in [1.82, 2.24) is 0 Å². The van der Waals surface area contributed by atoms with Crippen molar-refractivity contribution in [1.29, 1.82) is 0 Å². The van der Waals surface area contributed by atoms with E-state index in [1.807, 2.05) is 0 Å². The maximum absolute atomic E-state index is 13.7. The third-order valence-corrected chi connectivity index (χ3v) is 3.39. The van der Waals surface area contributed by atoms with E-state index >= 15 is 0 Å². The van der Waals surface area contributed by atoms with E-state index in [9.17, 15) is 14.0 Å². The number of anilines is 1. The zero-order chi connectivity index (χ0) is 17.7. The van der Waals surface area contributed by atoms with Gasteiger partial charge in [-0.1, -0.05) is 6.07 Å². The van der Waals surface area contributed by atoms with Crippen LogP contribution in [0.2, 0.25) is 0 Å². The van der Waals surface area contributed by atoms with Gasteiger partial charge in [0.05, 0.1) is 18.4 Å². The molecule has 0 fully saturated rings. The minimum atomic E-state index is -0.630. The van der Waals surface area contributed by atoms with Crippen molar-refractivity contribution in [2.24, 2.45) is 0 Å². The molecule has 0 radical (unpaired) electrons. The van der Waals surface area contributed by atoms with Gasteiger partial charge in [0, 0.05) is 0 Å². The minimum Gasteiger partial charge on any atom is -0.497 e. The molecule has 0 aliphatic heterocycles. The van der Waals surface area contributed by atoms with Crippen LogP contribution in [0.3, 0.4) is 0 Å². The van der Waals surface area contributed by atoms with Crippen LogP contribution in [0.25, 0.3) is 0 Å². The molecule has 1 amide bonds. The molecular weight excluding hydrogens is 313 g/mol. The summed E-state index contributed by atoms with van der Waals surface area (Å²) in [5.41, 5.74) is 1.80. The normalized spacial score (nSPS) is 10.2. The van der Waals surface area contributed by atoms with Gasteiger partial charge in [-0.25, -0.2) is 9.18 Å². The van der Waals surface area contributed by atoms with E-state index in [0.717, 1.165) is 5.56 Å². The summed E-state index contributed by atoms with van der Waals surface area (Å²) in [6.45, 7) is 2.98. The highest BCUT2D eigenvalue weighted by Crippen LogP contribution is 2.18. The second-order valence-corrected chi connectivity index (χ2v) is 5.29. The van der Waals surface area contributed by atoms with Gasteiger partial charge in [0.15, 0.2) is 6.61 Å². The van der Waals surface area contributed by atoms with Gasteiger partial charge in [-0.05, 0) is 55.3 Å². The second kappa shape index (κ2) is 7.59. The molecule has 2 aromatic carbocycles. The molecule has 126 valence electrons. The predicted octanol–water partition coefficient (Wildman–Crippen LogP) is 3.25. The Hall–Kier alpha value is -2.89. The minimum absolute atomic E-state index is 0.0438. The molecule has 2 aromatic rings. The third-order valence-electron chi connectivity index (χ3n) is 3.39. The topological polar surface area (TPSA) is 64.6 Å². The van der Waals surface area contributed by atoms with E-state index in [2.05, 4.69) is 5.32 Å². The monoisotopic (exact) mass is 331 g/mol. The van der Waals surface area contributed by atoms with Gasteiger partial charge in [0.2, 0.25) is 0 Å². The lowest BCUT2D eigenvalue weighted by molar-refractivity contribution is -0.119. The summed E-state index contributed by atoms with van der Waals surface area (Å²) < 4.78 is 23.7. The number of hydrogen-bond acceptors (Lipinski definition) is 4. The van der Waals surface area contributed by atoms with Crippen LogP contribution in [0, 0.1) is 19.7 Å². The van der Waals surface area contributed by atoms with Crippen LogP contribution in [0.15, 0.2) is 36.4 Å². The van der Waals surface area contributed by atoms with E-state index in [4.69, 9.17) is 9.47 Å². The van der Waals surface area contributed by atoms with E-state index in [1.165, 1.54) is 19.2 Å². The number of esters is 1. The Morgan fingerprint density at radius 2 is 1.88 bits per heavy atom. The fourth-order valence-electron chi connectivity index (χ4n) is 2.11. The number of benzene rings is 2. The van der Waals surface area contributed by atoms with Crippen molar-refractivity contribution in [3.05, 3.63) is 58.9 Å². The lowest BCUT2D eigenvalue weighted by Gasteiger charge is -2.10. The lowest BCUT2D eigenvalue weighted by Crippen LogP contribution is -2.21. The summed E-state index contributed by atoms with van der Waals surface area (Å²) in [6.07, 6.45) is 0. The molecule has 0 saturated carbocycles. The number of aryl methyl sites for hydroxylation is 2. The number of hydrogen-bond donors (Lipinski definition) is 1. The number of amides is 1. The Morgan fingerprint density at radius 3 is 2.50 bits per heavy atom. The van der Waals surface area contributed by atoms with Crippen LogP contribution < -0.4 is 10.1 Å². The second-order valence-electron chi connectivity index (χ2n) is 5.29. The Kier molecular flexibility index (Phi) is 5.52. The first kappa shape index (κ1) is 17.5. The Bertz CT molecular complexity index is 774. The SMILES string of the molecule is COc1ccc(C(=O)OCC(=O)Nc2ccc(C)cc2F)c(C)c1. The highest BCUT2D eigenvalue weighted by Gasteiger charge is 2.14. The van der Waals surface area contributed by atoms with Crippen LogP contribution >= 0.6 is 0 Å². The fraction of sp³-hybridized carbons (Fsp3) is 0.222. The van der Waals surface area contributed by atoms with Crippen molar-refractivity contribution in [3.8, 4) is 5.75 Å². The summed E-state index contributed by atoms with van der Waals surface area (Å²) in [7, 11) is 1.53. The summed E-state index contributed by atoms with van der Waals surface area (Å²) in [4.78, 5) is 23.8. The standard InChI is InChI=1S/C18H18FNO4/c1-11-4-7-16(15(19)8-11)20-17(21)10-24-18(22)14-6-5-13(23-3)9-12(14)2/h4-9H,10H2,1-3H3,(H,20,21). The van der Waals surface area contributed by atoms with Crippen LogP contribution in [0.1, 0.15) is 21.5 Å². The van der Waals surface area contributed by atoms with Gasteiger partial charge in [0.1, 0.15) is 11.6 Å². The van der Waals surface area contributed by atoms with E-state index in [1.54, 1.807) is 38.1 Å². The molecule has 0 heterocycles. The molecule has 6 heteroatoms. The zero-order valence-electron chi connectivity index (χ0n) is 13.7. The van der Waals surface area contributed by atoms with Crippen LogP contribution in [-0.2, 0) is 9.53 Å². The highest BCUT2D eigenvalue weighted by molar-refractivity contribution is 5.96. The maximum atomic E-state index is 13.7. The van der Waals surface area contributed by atoms with Crippen LogP contribution in [0.4, 0.5) is 10.1 Å². The van der Waals surface area contributed by atoms with E-state index < -0.39 is 24.3 Å². The largest absolute Gasteiger partial charge is 0.497 e. The third kappa shape index (κ3) is 4.32. The van der Waals surface area contributed by atoms with Gasteiger partial charge in [-0.3, -0.25) is 4.79 Å². The molecule has 0 spiro atoms. The van der Waals surface area contributed by atoms with Gasteiger partial charge in [-0.2, -0.15) is 0 Å². The molecule has 0 bridgehead atoms.